The van der Waals surface area contributed by atoms with Crippen LogP contribution in [0.5, 0.6) is 0 Å². The van der Waals surface area contributed by atoms with Crippen LogP contribution in [0.2, 0.25) is 0 Å². The van der Waals surface area contributed by atoms with Gasteiger partial charge in [-0.05, 0) is 18.1 Å². The number of aliphatic carboxylic acids is 2. The first kappa shape index (κ1) is 13.0. The van der Waals surface area contributed by atoms with Gasteiger partial charge < -0.3 is 15.5 Å². The molecule has 1 aromatic rings. The second-order valence-corrected chi connectivity index (χ2v) is 3.64. The molecule has 0 radical (unpaired) electrons. The van der Waals surface area contributed by atoms with Crippen LogP contribution in [0.25, 0.3) is 0 Å². The molecule has 1 aromatic carbocycles. The molecule has 17 heavy (non-hydrogen) atoms. The Bertz CT molecular complexity index is 417. The number of carbonyl (C=O) groups is 2. The summed E-state index contributed by atoms with van der Waals surface area (Å²) in [5.41, 5.74) is 1.63. The van der Waals surface area contributed by atoms with Crippen molar-refractivity contribution in [1.29, 1.82) is 0 Å². The highest BCUT2D eigenvalue weighted by Gasteiger charge is 2.21. The summed E-state index contributed by atoms with van der Waals surface area (Å²) in [5.74, 6) is -2.31. The molecule has 0 spiro atoms. The van der Waals surface area contributed by atoms with Gasteiger partial charge in [0.1, 0.15) is 6.04 Å². The smallest absolute Gasteiger partial charge is 0.326 e. The fourth-order valence-corrected chi connectivity index (χ4v) is 1.53. The lowest BCUT2D eigenvalue weighted by Gasteiger charge is -2.16. The number of para-hydroxylation sites is 1. The highest BCUT2D eigenvalue weighted by atomic mass is 16.4. The van der Waals surface area contributed by atoms with Crippen LogP contribution in [-0.4, -0.2) is 28.2 Å². The van der Waals surface area contributed by atoms with Gasteiger partial charge in [-0.3, -0.25) is 4.79 Å². The van der Waals surface area contributed by atoms with E-state index < -0.39 is 24.4 Å². The lowest BCUT2D eigenvalue weighted by Crippen LogP contribution is -2.32. The molecule has 5 heteroatoms. The Morgan fingerprint density at radius 2 is 1.94 bits per heavy atom. The number of hydrogen-bond acceptors (Lipinski definition) is 3. The van der Waals surface area contributed by atoms with Crippen LogP contribution >= 0.6 is 0 Å². The normalized spacial score (nSPS) is 11.8. The quantitative estimate of drug-likeness (QED) is 0.699. The minimum absolute atomic E-state index is 0.451. The zero-order chi connectivity index (χ0) is 12.8. The van der Waals surface area contributed by atoms with E-state index in [1.54, 1.807) is 12.1 Å². The maximum absolute atomic E-state index is 10.9. The number of nitrogens with one attached hydrogen (secondary N) is 1. The molecule has 3 N–H and O–H groups in total. The molecule has 0 saturated carbocycles. The molecule has 0 aliphatic heterocycles. The largest absolute Gasteiger partial charge is 0.481 e. The molecule has 92 valence electrons. The Morgan fingerprint density at radius 3 is 2.47 bits per heavy atom. The zero-order valence-corrected chi connectivity index (χ0v) is 9.51. The Morgan fingerprint density at radius 1 is 1.29 bits per heavy atom. The van der Waals surface area contributed by atoms with E-state index in [0.717, 1.165) is 12.0 Å². The second kappa shape index (κ2) is 5.89. The summed E-state index contributed by atoms with van der Waals surface area (Å²) >= 11 is 0. The summed E-state index contributed by atoms with van der Waals surface area (Å²) in [5, 5.41) is 20.3. The number of carboxylic acids is 2. The first-order chi connectivity index (χ1) is 8.04. The van der Waals surface area contributed by atoms with Crippen molar-refractivity contribution in [3.05, 3.63) is 29.8 Å². The van der Waals surface area contributed by atoms with Crippen molar-refractivity contribution in [3.63, 3.8) is 0 Å². The lowest BCUT2D eigenvalue weighted by molar-refractivity contribution is -0.144. The van der Waals surface area contributed by atoms with Gasteiger partial charge in [0.2, 0.25) is 0 Å². The highest BCUT2D eigenvalue weighted by Crippen LogP contribution is 2.17. The Kier molecular flexibility index (Phi) is 4.51. The van der Waals surface area contributed by atoms with Crippen molar-refractivity contribution < 1.29 is 19.8 Å². The molecule has 5 nitrogen and oxygen atoms in total. The Balaban J connectivity index is 2.85. The summed E-state index contributed by atoms with van der Waals surface area (Å²) in [6, 6.07) is 6.15. The minimum atomic E-state index is -1.17. The van der Waals surface area contributed by atoms with Crippen LogP contribution in [0.1, 0.15) is 18.9 Å². The average molecular weight is 237 g/mol. The molecule has 0 aliphatic carbocycles. The van der Waals surface area contributed by atoms with Gasteiger partial charge in [-0.25, -0.2) is 4.79 Å². The van der Waals surface area contributed by atoms with Crippen LogP contribution in [0.3, 0.4) is 0 Å². The van der Waals surface area contributed by atoms with Gasteiger partial charge in [0.15, 0.2) is 0 Å². The average Bonchev–Trinajstić information content (AvgIpc) is 2.28. The Hall–Kier alpha value is -2.04. The van der Waals surface area contributed by atoms with Gasteiger partial charge in [-0.15, -0.1) is 0 Å². The molecule has 1 unspecified atom stereocenters. The van der Waals surface area contributed by atoms with Gasteiger partial charge in [-0.2, -0.15) is 0 Å². The van der Waals surface area contributed by atoms with Crippen LogP contribution < -0.4 is 5.32 Å². The summed E-state index contributed by atoms with van der Waals surface area (Å²) < 4.78 is 0. The molecule has 1 atom stereocenters. The number of rotatable bonds is 6. The van der Waals surface area contributed by atoms with Crippen molar-refractivity contribution in [2.45, 2.75) is 25.8 Å². The molecule has 0 saturated heterocycles. The van der Waals surface area contributed by atoms with Gasteiger partial charge in [0, 0.05) is 5.69 Å². The van der Waals surface area contributed by atoms with E-state index in [1.165, 1.54) is 0 Å². The number of hydrogen-bond donors (Lipinski definition) is 3. The lowest BCUT2D eigenvalue weighted by atomic mass is 10.1. The maximum atomic E-state index is 10.9. The third kappa shape index (κ3) is 3.79. The first-order valence-electron chi connectivity index (χ1n) is 5.33. The molecule has 0 bridgehead atoms. The third-order valence-corrected chi connectivity index (χ3v) is 2.40. The van der Waals surface area contributed by atoms with Crippen molar-refractivity contribution in [3.8, 4) is 0 Å². The molecule has 0 amide bonds. The fraction of sp³-hybridized carbons (Fsp3) is 0.333. The summed E-state index contributed by atoms with van der Waals surface area (Å²) in [7, 11) is 0. The summed E-state index contributed by atoms with van der Waals surface area (Å²) in [6.07, 6.45) is 0.302. The number of benzene rings is 1. The topological polar surface area (TPSA) is 86.6 Å². The molecular formula is C12H15NO4. The van der Waals surface area contributed by atoms with Crippen molar-refractivity contribution in [2.24, 2.45) is 0 Å². The van der Waals surface area contributed by atoms with Gasteiger partial charge >= 0.3 is 11.9 Å². The van der Waals surface area contributed by atoms with Crippen LogP contribution in [0, 0.1) is 0 Å². The highest BCUT2D eigenvalue weighted by molar-refractivity contribution is 5.83. The molecule has 0 heterocycles. The van der Waals surface area contributed by atoms with Crippen LogP contribution in [0.15, 0.2) is 24.3 Å². The number of aryl methyl sites for hydroxylation is 1. The molecule has 0 aromatic heterocycles. The van der Waals surface area contributed by atoms with Crippen molar-refractivity contribution in [2.75, 3.05) is 5.32 Å². The van der Waals surface area contributed by atoms with E-state index in [1.807, 2.05) is 19.1 Å². The zero-order valence-electron chi connectivity index (χ0n) is 9.51. The van der Waals surface area contributed by atoms with Crippen LogP contribution in [0.4, 0.5) is 5.69 Å². The first-order valence-corrected chi connectivity index (χ1v) is 5.33. The van der Waals surface area contributed by atoms with E-state index in [4.69, 9.17) is 10.2 Å². The second-order valence-electron chi connectivity index (χ2n) is 3.64. The molecular weight excluding hydrogens is 222 g/mol. The summed E-state index contributed by atoms with van der Waals surface area (Å²) in [6.45, 7) is 1.95. The van der Waals surface area contributed by atoms with Crippen molar-refractivity contribution >= 4 is 17.6 Å². The maximum Gasteiger partial charge on any atom is 0.326 e. The van der Waals surface area contributed by atoms with E-state index in [-0.39, 0.29) is 0 Å². The SMILES string of the molecule is CCc1ccccc1NC(CC(=O)O)C(=O)O. The van der Waals surface area contributed by atoms with Gasteiger partial charge in [-0.1, -0.05) is 25.1 Å². The predicted octanol–water partition coefficient (Wildman–Crippen LogP) is 1.59. The fourth-order valence-electron chi connectivity index (χ4n) is 1.53. The van der Waals surface area contributed by atoms with Crippen LogP contribution in [-0.2, 0) is 16.0 Å². The Labute approximate surface area is 99.1 Å². The number of anilines is 1. The third-order valence-electron chi connectivity index (χ3n) is 2.40. The molecule has 0 aliphatic rings. The predicted molar refractivity (Wildman–Crippen MR) is 63.1 cm³/mol. The number of carboxylic acid groups (broad SMARTS) is 2. The van der Waals surface area contributed by atoms with E-state index in [0.29, 0.717) is 5.69 Å². The summed E-state index contributed by atoms with van der Waals surface area (Å²) in [4.78, 5) is 21.5. The van der Waals surface area contributed by atoms with E-state index >= 15 is 0 Å². The van der Waals surface area contributed by atoms with Crippen molar-refractivity contribution in [1.82, 2.24) is 0 Å². The standard InChI is InChI=1S/C12H15NO4/c1-2-8-5-3-4-6-9(8)13-10(12(16)17)7-11(14)15/h3-6,10,13H,2,7H2,1H3,(H,14,15)(H,16,17). The minimum Gasteiger partial charge on any atom is -0.481 e. The monoisotopic (exact) mass is 237 g/mol. The molecule has 0 fully saturated rings. The van der Waals surface area contributed by atoms with Gasteiger partial charge in [0.25, 0.3) is 0 Å². The van der Waals surface area contributed by atoms with E-state index in [9.17, 15) is 9.59 Å². The molecule has 1 rings (SSSR count). The van der Waals surface area contributed by atoms with Gasteiger partial charge in [0.05, 0.1) is 6.42 Å². The van der Waals surface area contributed by atoms with E-state index in [2.05, 4.69) is 5.32 Å².